The molecule has 1 amide bonds. The molecule has 1 aromatic heterocycles. The van der Waals surface area contributed by atoms with Crippen molar-refractivity contribution in [2.45, 2.75) is 19.5 Å². The number of halogens is 2. The molecule has 0 bridgehead atoms. The minimum Gasteiger partial charge on any atom is -0.348 e. The number of benzene rings is 1. The SMILES string of the molecule is CC(Cn1ccnc1)NC(=O)c1ccc(Cl)cc1Br. The van der Waals surface area contributed by atoms with Crippen LogP contribution < -0.4 is 5.32 Å². The van der Waals surface area contributed by atoms with Gasteiger partial charge in [-0.25, -0.2) is 4.98 Å². The second-order valence-corrected chi connectivity index (χ2v) is 5.55. The lowest BCUT2D eigenvalue weighted by molar-refractivity contribution is 0.0936. The molecule has 0 spiro atoms. The molecule has 0 fully saturated rings. The molecule has 4 nitrogen and oxygen atoms in total. The van der Waals surface area contributed by atoms with E-state index in [1.165, 1.54) is 0 Å². The molecule has 0 aliphatic carbocycles. The number of rotatable bonds is 4. The van der Waals surface area contributed by atoms with Crippen molar-refractivity contribution in [2.75, 3.05) is 0 Å². The molecule has 0 aliphatic rings. The van der Waals surface area contributed by atoms with E-state index in [9.17, 15) is 4.79 Å². The smallest absolute Gasteiger partial charge is 0.252 e. The van der Waals surface area contributed by atoms with Crippen molar-refractivity contribution in [1.29, 1.82) is 0 Å². The first-order chi connectivity index (χ1) is 9.06. The van der Waals surface area contributed by atoms with Gasteiger partial charge in [-0.3, -0.25) is 4.79 Å². The zero-order valence-electron chi connectivity index (χ0n) is 10.3. The molecule has 100 valence electrons. The average Bonchev–Trinajstić information content (AvgIpc) is 2.81. The van der Waals surface area contributed by atoms with Gasteiger partial charge in [0.15, 0.2) is 0 Å². The first-order valence-corrected chi connectivity index (χ1v) is 6.95. The van der Waals surface area contributed by atoms with Gasteiger partial charge in [0.25, 0.3) is 5.91 Å². The third-order valence-electron chi connectivity index (χ3n) is 2.60. The molecule has 0 saturated carbocycles. The van der Waals surface area contributed by atoms with Crippen LogP contribution in [0.2, 0.25) is 5.02 Å². The Labute approximate surface area is 124 Å². The Hall–Kier alpha value is -1.33. The third-order valence-corrected chi connectivity index (χ3v) is 3.49. The van der Waals surface area contributed by atoms with Crippen molar-refractivity contribution < 1.29 is 4.79 Å². The van der Waals surface area contributed by atoms with Crippen LogP contribution >= 0.6 is 27.5 Å². The van der Waals surface area contributed by atoms with E-state index in [1.807, 2.05) is 17.7 Å². The largest absolute Gasteiger partial charge is 0.348 e. The molecule has 19 heavy (non-hydrogen) atoms. The number of imidazole rings is 1. The van der Waals surface area contributed by atoms with Crippen molar-refractivity contribution in [2.24, 2.45) is 0 Å². The molecule has 0 aliphatic heterocycles. The topological polar surface area (TPSA) is 46.9 Å². The highest BCUT2D eigenvalue weighted by Crippen LogP contribution is 2.21. The van der Waals surface area contributed by atoms with Gasteiger partial charge in [0.05, 0.1) is 11.9 Å². The third kappa shape index (κ3) is 3.81. The van der Waals surface area contributed by atoms with Crippen LogP contribution in [0, 0.1) is 0 Å². The maximum absolute atomic E-state index is 12.1. The van der Waals surface area contributed by atoms with Gasteiger partial charge >= 0.3 is 0 Å². The molecule has 0 radical (unpaired) electrons. The number of nitrogens with one attached hydrogen (secondary N) is 1. The summed E-state index contributed by atoms with van der Waals surface area (Å²) >= 11 is 9.19. The fourth-order valence-electron chi connectivity index (χ4n) is 1.73. The Morgan fingerprint density at radius 1 is 1.58 bits per heavy atom. The van der Waals surface area contributed by atoms with E-state index in [1.54, 1.807) is 30.7 Å². The summed E-state index contributed by atoms with van der Waals surface area (Å²) in [7, 11) is 0. The molecule has 1 atom stereocenters. The molecule has 6 heteroatoms. The standard InChI is InChI=1S/C13H13BrClN3O/c1-9(7-18-5-4-16-8-18)17-13(19)11-3-2-10(15)6-12(11)14/h2-6,8-9H,7H2,1H3,(H,17,19). The monoisotopic (exact) mass is 341 g/mol. The number of carbonyl (C=O) groups excluding carboxylic acids is 1. The fraction of sp³-hybridized carbons (Fsp3) is 0.231. The summed E-state index contributed by atoms with van der Waals surface area (Å²) in [5.41, 5.74) is 0.571. The number of aromatic nitrogens is 2. The Kier molecular flexibility index (Phi) is 4.61. The van der Waals surface area contributed by atoms with E-state index in [0.29, 0.717) is 21.6 Å². The van der Waals surface area contributed by atoms with Crippen molar-refractivity contribution >= 4 is 33.4 Å². The lowest BCUT2D eigenvalue weighted by atomic mass is 10.2. The number of nitrogens with zero attached hydrogens (tertiary/aromatic N) is 2. The first kappa shape index (κ1) is 14.1. The maximum atomic E-state index is 12.1. The van der Waals surface area contributed by atoms with Crippen LogP contribution in [0.3, 0.4) is 0 Å². The van der Waals surface area contributed by atoms with Gasteiger partial charge in [-0.15, -0.1) is 0 Å². The first-order valence-electron chi connectivity index (χ1n) is 5.78. The van der Waals surface area contributed by atoms with Crippen molar-refractivity contribution in [3.8, 4) is 0 Å². The molecule has 1 heterocycles. The lowest BCUT2D eigenvalue weighted by Gasteiger charge is -2.15. The van der Waals surface area contributed by atoms with E-state index < -0.39 is 0 Å². The Bertz CT molecular complexity index is 571. The highest BCUT2D eigenvalue weighted by atomic mass is 79.9. The van der Waals surface area contributed by atoms with E-state index in [-0.39, 0.29) is 11.9 Å². The minimum absolute atomic E-state index is 0.00396. The summed E-state index contributed by atoms with van der Waals surface area (Å²) in [4.78, 5) is 16.1. The van der Waals surface area contributed by atoms with Gasteiger partial charge in [-0.05, 0) is 41.1 Å². The second kappa shape index (κ2) is 6.21. The maximum Gasteiger partial charge on any atom is 0.252 e. The molecular weight excluding hydrogens is 330 g/mol. The summed E-state index contributed by atoms with van der Waals surface area (Å²) in [6, 6.07) is 5.11. The molecule has 1 aromatic carbocycles. The predicted octanol–water partition coefficient (Wildman–Crippen LogP) is 3.12. The molecule has 1 unspecified atom stereocenters. The Balaban J connectivity index is 2.00. The quantitative estimate of drug-likeness (QED) is 0.928. The van der Waals surface area contributed by atoms with Crippen LogP contribution in [-0.4, -0.2) is 21.5 Å². The number of hydrogen-bond acceptors (Lipinski definition) is 2. The molecule has 2 rings (SSSR count). The van der Waals surface area contributed by atoms with Gasteiger partial charge in [0.1, 0.15) is 0 Å². The summed E-state index contributed by atoms with van der Waals surface area (Å²) in [5, 5.41) is 3.53. The Morgan fingerprint density at radius 3 is 3.00 bits per heavy atom. The van der Waals surface area contributed by atoms with Gasteiger partial charge in [-0.1, -0.05) is 11.6 Å². The van der Waals surface area contributed by atoms with Crippen LogP contribution in [0.4, 0.5) is 0 Å². The normalized spacial score (nSPS) is 12.2. The van der Waals surface area contributed by atoms with Crippen molar-refractivity contribution in [1.82, 2.24) is 14.9 Å². The average molecular weight is 343 g/mol. The number of carbonyl (C=O) groups is 1. The number of amides is 1. The Morgan fingerprint density at radius 2 is 2.37 bits per heavy atom. The fourth-order valence-corrected chi connectivity index (χ4v) is 2.59. The zero-order chi connectivity index (χ0) is 13.8. The predicted molar refractivity (Wildman–Crippen MR) is 78.3 cm³/mol. The highest BCUT2D eigenvalue weighted by molar-refractivity contribution is 9.10. The van der Waals surface area contributed by atoms with E-state index >= 15 is 0 Å². The van der Waals surface area contributed by atoms with E-state index in [0.717, 1.165) is 0 Å². The molecule has 0 saturated heterocycles. The van der Waals surface area contributed by atoms with Crippen LogP contribution in [-0.2, 0) is 6.54 Å². The summed E-state index contributed by atoms with van der Waals surface area (Å²) in [6.07, 6.45) is 5.30. The van der Waals surface area contributed by atoms with Gasteiger partial charge < -0.3 is 9.88 Å². The lowest BCUT2D eigenvalue weighted by Crippen LogP contribution is -2.35. The number of hydrogen-bond donors (Lipinski definition) is 1. The summed E-state index contributed by atoms with van der Waals surface area (Å²) < 4.78 is 2.61. The van der Waals surface area contributed by atoms with Crippen LogP contribution in [0.1, 0.15) is 17.3 Å². The molecular formula is C13H13BrClN3O. The van der Waals surface area contributed by atoms with Crippen LogP contribution in [0.25, 0.3) is 0 Å². The molecule has 1 N–H and O–H groups in total. The van der Waals surface area contributed by atoms with Crippen LogP contribution in [0.5, 0.6) is 0 Å². The van der Waals surface area contributed by atoms with Gasteiger partial charge in [-0.2, -0.15) is 0 Å². The molecule has 2 aromatic rings. The second-order valence-electron chi connectivity index (χ2n) is 4.26. The van der Waals surface area contributed by atoms with Crippen molar-refractivity contribution in [3.05, 3.63) is 52.0 Å². The zero-order valence-corrected chi connectivity index (χ0v) is 12.6. The van der Waals surface area contributed by atoms with Gasteiger partial charge in [0, 0.05) is 34.5 Å². The van der Waals surface area contributed by atoms with Crippen molar-refractivity contribution in [3.63, 3.8) is 0 Å². The highest BCUT2D eigenvalue weighted by Gasteiger charge is 2.13. The summed E-state index contributed by atoms with van der Waals surface area (Å²) in [5.74, 6) is -0.129. The van der Waals surface area contributed by atoms with Crippen LogP contribution in [0.15, 0.2) is 41.4 Å². The minimum atomic E-state index is -0.129. The van der Waals surface area contributed by atoms with Gasteiger partial charge in [0.2, 0.25) is 0 Å². The van der Waals surface area contributed by atoms with E-state index in [2.05, 4.69) is 26.2 Å². The summed E-state index contributed by atoms with van der Waals surface area (Å²) in [6.45, 7) is 2.62. The van der Waals surface area contributed by atoms with E-state index in [4.69, 9.17) is 11.6 Å².